The number of likely N-dealkylation sites (tertiary alicyclic amines) is 1. The number of rotatable bonds is 3. The molecule has 2 aliphatic rings. The highest BCUT2D eigenvalue weighted by molar-refractivity contribution is 5.90. The van der Waals surface area contributed by atoms with Crippen LogP contribution in [0.15, 0.2) is 4.42 Å². The van der Waals surface area contributed by atoms with E-state index in [1.54, 1.807) is 0 Å². The van der Waals surface area contributed by atoms with Crippen LogP contribution in [-0.4, -0.2) is 46.0 Å². The molecule has 3 heterocycles. The lowest BCUT2D eigenvalue weighted by Crippen LogP contribution is -2.47. The van der Waals surface area contributed by atoms with Gasteiger partial charge in [0.05, 0.1) is 0 Å². The number of nitrogens with one attached hydrogen (secondary N) is 1. The first kappa shape index (κ1) is 15.0. The Morgan fingerprint density at radius 3 is 2.55 bits per heavy atom. The van der Waals surface area contributed by atoms with Gasteiger partial charge in [0.25, 0.3) is 0 Å². The van der Waals surface area contributed by atoms with Gasteiger partial charge in [0, 0.05) is 31.3 Å². The number of piperidine rings is 1. The van der Waals surface area contributed by atoms with Gasteiger partial charge in [-0.1, -0.05) is 13.8 Å². The van der Waals surface area contributed by atoms with Crippen LogP contribution in [0.4, 0.5) is 0 Å². The average molecular weight is 306 g/mol. The van der Waals surface area contributed by atoms with Gasteiger partial charge in [-0.2, -0.15) is 0 Å². The number of hydrogen-bond donors (Lipinski definition) is 1. The molecule has 2 amide bonds. The third-order valence-electron chi connectivity index (χ3n) is 4.40. The van der Waals surface area contributed by atoms with Crippen molar-refractivity contribution >= 4 is 11.8 Å². The lowest BCUT2D eigenvalue weighted by molar-refractivity contribution is -0.135. The summed E-state index contributed by atoms with van der Waals surface area (Å²) in [5, 5.41) is 11.0. The summed E-state index contributed by atoms with van der Waals surface area (Å²) in [6.45, 7) is 5.40. The van der Waals surface area contributed by atoms with Crippen molar-refractivity contribution in [3.63, 3.8) is 0 Å². The van der Waals surface area contributed by atoms with Crippen LogP contribution in [0.5, 0.6) is 0 Å². The molecule has 1 unspecified atom stereocenters. The van der Waals surface area contributed by atoms with Crippen LogP contribution >= 0.6 is 0 Å². The first-order valence-corrected chi connectivity index (χ1v) is 7.96. The molecule has 0 radical (unpaired) electrons. The Bertz CT molecular complexity index is 561. The molecule has 0 aromatic carbocycles. The Balaban J connectivity index is 1.55. The lowest BCUT2D eigenvalue weighted by atomic mass is 9.96. The minimum atomic E-state index is -0.333. The smallest absolute Gasteiger partial charge is 0.245 e. The van der Waals surface area contributed by atoms with E-state index < -0.39 is 0 Å². The summed E-state index contributed by atoms with van der Waals surface area (Å²) in [4.78, 5) is 25.4. The van der Waals surface area contributed by atoms with Crippen LogP contribution in [0, 0.1) is 0 Å². The molecule has 0 spiro atoms. The molecule has 2 aliphatic heterocycles. The third kappa shape index (κ3) is 2.98. The van der Waals surface area contributed by atoms with Gasteiger partial charge >= 0.3 is 0 Å². The van der Waals surface area contributed by atoms with Crippen molar-refractivity contribution in [1.82, 2.24) is 20.4 Å². The maximum absolute atomic E-state index is 12.3. The summed E-state index contributed by atoms with van der Waals surface area (Å²) in [5.74, 6) is 1.82. The Labute approximate surface area is 129 Å². The van der Waals surface area contributed by atoms with Crippen molar-refractivity contribution in [3.8, 4) is 0 Å². The van der Waals surface area contributed by atoms with E-state index in [1.165, 1.54) is 0 Å². The fourth-order valence-electron chi connectivity index (χ4n) is 3.01. The van der Waals surface area contributed by atoms with Crippen LogP contribution < -0.4 is 5.32 Å². The molecule has 1 aromatic rings. The summed E-state index contributed by atoms with van der Waals surface area (Å²) in [5.41, 5.74) is 0. The van der Waals surface area contributed by atoms with Gasteiger partial charge < -0.3 is 14.6 Å². The Hall–Kier alpha value is -1.92. The third-order valence-corrected chi connectivity index (χ3v) is 4.40. The first-order valence-electron chi connectivity index (χ1n) is 7.96. The van der Waals surface area contributed by atoms with Crippen molar-refractivity contribution in [1.29, 1.82) is 0 Å². The molecular formula is C15H22N4O3. The van der Waals surface area contributed by atoms with Crippen molar-refractivity contribution in [3.05, 3.63) is 11.8 Å². The molecular weight excluding hydrogens is 284 g/mol. The number of hydrogen-bond acceptors (Lipinski definition) is 5. The quantitative estimate of drug-likeness (QED) is 0.906. The Morgan fingerprint density at radius 1 is 1.27 bits per heavy atom. The van der Waals surface area contributed by atoms with Crippen molar-refractivity contribution < 1.29 is 14.0 Å². The molecule has 7 nitrogen and oxygen atoms in total. The number of carbonyl (C=O) groups excluding carboxylic acids is 2. The largest absolute Gasteiger partial charge is 0.425 e. The molecule has 1 aromatic heterocycles. The molecule has 120 valence electrons. The normalized spacial score (nSPS) is 23.1. The predicted octanol–water partition coefficient (Wildman–Crippen LogP) is 1.18. The van der Waals surface area contributed by atoms with E-state index in [2.05, 4.69) is 15.5 Å². The maximum atomic E-state index is 12.3. The van der Waals surface area contributed by atoms with E-state index >= 15 is 0 Å². The molecule has 2 saturated heterocycles. The maximum Gasteiger partial charge on any atom is 0.245 e. The Morgan fingerprint density at radius 2 is 2.00 bits per heavy atom. The fraction of sp³-hybridized carbons (Fsp3) is 0.733. The number of amides is 2. The van der Waals surface area contributed by atoms with Crippen LogP contribution in [0.2, 0.25) is 0 Å². The number of aromatic nitrogens is 2. The minimum Gasteiger partial charge on any atom is -0.425 e. The highest BCUT2D eigenvalue weighted by atomic mass is 16.4. The SMILES string of the molecule is CC(C)c1nnc(C2CCN(C(=O)C3CCC(=O)N3)CC2)o1. The summed E-state index contributed by atoms with van der Waals surface area (Å²) in [7, 11) is 0. The van der Waals surface area contributed by atoms with Gasteiger partial charge in [-0.3, -0.25) is 9.59 Å². The molecule has 3 rings (SSSR count). The van der Waals surface area contributed by atoms with Crippen molar-refractivity contribution in [2.24, 2.45) is 0 Å². The molecule has 2 fully saturated rings. The van der Waals surface area contributed by atoms with Gasteiger partial charge in [0.2, 0.25) is 23.6 Å². The fourth-order valence-corrected chi connectivity index (χ4v) is 3.01. The minimum absolute atomic E-state index is 0.0275. The van der Waals surface area contributed by atoms with Gasteiger partial charge in [-0.25, -0.2) is 0 Å². The van der Waals surface area contributed by atoms with Gasteiger partial charge in [0.15, 0.2) is 0 Å². The predicted molar refractivity (Wildman–Crippen MR) is 78.1 cm³/mol. The second-order valence-corrected chi connectivity index (χ2v) is 6.39. The van der Waals surface area contributed by atoms with Crippen LogP contribution in [0.3, 0.4) is 0 Å². The molecule has 0 bridgehead atoms. The van der Waals surface area contributed by atoms with Crippen molar-refractivity contribution in [2.75, 3.05) is 13.1 Å². The molecule has 1 N–H and O–H groups in total. The van der Waals surface area contributed by atoms with Gasteiger partial charge in [0.1, 0.15) is 6.04 Å². The number of carbonyl (C=O) groups is 2. The molecule has 0 aliphatic carbocycles. The zero-order valence-electron chi connectivity index (χ0n) is 13.0. The lowest BCUT2D eigenvalue weighted by Gasteiger charge is -2.32. The summed E-state index contributed by atoms with van der Waals surface area (Å²) in [6, 6.07) is -0.333. The summed E-state index contributed by atoms with van der Waals surface area (Å²) >= 11 is 0. The molecule has 7 heteroatoms. The first-order chi connectivity index (χ1) is 10.5. The number of nitrogens with zero attached hydrogens (tertiary/aromatic N) is 3. The van der Waals surface area contributed by atoms with Crippen molar-refractivity contribution in [2.45, 2.75) is 57.4 Å². The van der Waals surface area contributed by atoms with Crippen LogP contribution in [0.25, 0.3) is 0 Å². The monoisotopic (exact) mass is 306 g/mol. The molecule has 0 saturated carbocycles. The van der Waals surface area contributed by atoms with E-state index in [4.69, 9.17) is 4.42 Å². The zero-order chi connectivity index (χ0) is 15.7. The van der Waals surface area contributed by atoms with Crippen LogP contribution in [-0.2, 0) is 9.59 Å². The van der Waals surface area contributed by atoms with E-state index in [-0.39, 0.29) is 29.7 Å². The van der Waals surface area contributed by atoms with E-state index in [0.29, 0.717) is 37.7 Å². The second-order valence-electron chi connectivity index (χ2n) is 6.39. The molecule has 1 atom stereocenters. The highest BCUT2D eigenvalue weighted by Gasteiger charge is 2.34. The van der Waals surface area contributed by atoms with E-state index in [9.17, 15) is 9.59 Å². The highest BCUT2D eigenvalue weighted by Crippen LogP contribution is 2.28. The summed E-state index contributed by atoms with van der Waals surface area (Å²) in [6.07, 6.45) is 2.71. The van der Waals surface area contributed by atoms with E-state index in [0.717, 1.165) is 12.8 Å². The Kier molecular flexibility index (Phi) is 4.13. The standard InChI is InChI=1S/C15H22N4O3/c1-9(2)13-17-18-14(22-13)10-5-7-19(8-6-10)15(21)11-3-4-12(20)16-11/h9-11H,3-8H2,1-2H3,(H,16,20). The van der Waals surface area contributed by atoms with Gasteiger partial charge in [-0.15, -0.1) is 10.2 Å². The van der Waals surface area contributed by atoms with Gasteiger partial charge in [-0.05, 0) is 19.3 Å². The average Bonchev–Trinajstić information content (AvgIpc) is 3.16. The second kappa shape index (κ2) is 6.06. The van der Waals surface area contributed by atoms with Crippen LogP contribution in [0.1, 0.15) is 63.1 Å². The zero-order valence-corrected chi connectivity index (χ0v) is 13.0. The summed E-state index contributed by atoms with van der Waals surface area (Å²) < 4.78 is 5.71. The van der Waals surface area contributed by atoms with E-state index in [1.807, 2.05) is 18.7 Å². The topological polar surface area (TPSA) is 88.3 Å². The molecule has 22 heavy (non-hydrogen) atoms.